The number of fused-ring (bicyclic) bond motifs is 1. The minimum atomic E-state index is -1.30. The van der Waals surface area contributed by atoms with Crippen LogP contribution < -0.4 is 9.59 Å². The fourth-order valence-corrected chi connectivity index (χ4v) is 5.05. The van der Waals surface area contributed by atoms with E-state index in [2.05, 4.69) is 20.9 Å². The van der Waals surface area contributed by atoms with Crippen molar-refractivity contribution in [2.75, 3.05) is 19.8 Å². The maximum atomic E-state index is 12.4. The molecule has 0 saturated heterocycles. The van der Waals surface area contributed by atoms with Gasteiger partial charge >= 0.3 is 12.2 Å². The number of rotatable bonds is 8. The van der Waals surface area contributed by atoms with Crippen molar-refractivity contribution in [1.82, 2.24) is 4.48 Å². The first-order valence-electron chi connectivity index (χ1n) is 11.9. The maximum absolute atomic E-state index is 12.4. The highest BCUT2D eigenvalue weighted by molar-refractivity contribution is 9.10. The van der Waals surface area contributed by atoms with Crippen molar-refractivity contribution in [2.45, 2.75) is 51.7 Å². The SMILES string of the molecule is CCOC1=Nc2cccc(C(=O)[O-])c2[N+]1(CCOC(=O)OC1CCCCC1)Cc1ccc(Br)cc1. The molecule has 1 fully saturated rings. The smallest absolute Gasteiger partial charge is 0.508 e. The van der Waals surface area contributed by atoms with Gasteiger partial charge in [-0.2, -0.15) is 4.99 Å². The number of carboxylic acid groups (broad SMARTS) is 1. The van der Waals surface area contributed by atoms with Gasteiger partial charge in [-0.25, -0.2) is 9.28 Å². The Morgan fingerprint density at radius 2 is 1.86 bits per heavy atom. The number of ether oxygens (including phenoxy) is 3. The van der Waals surface area contributed by atoms with Crippen LogP contribution in [-0.4, -0.2) is 44.0 Å². The summed E-state index contributed by atoms with van der Waals surface area (Å²) in [5.74, 6) is -1.30. The number of nitrogens with zero attached hydrogens (tertiary/aromatic N) is 2. The number of hydrogen-bond donors (Lipinski definition) is 0. The number of aliphatic imine (C=N–C) groups is 1. The number of quaternary nitrogens is 1. The Morgan fingerprint density at radius 3 is 2.54 bits per heavy atom. The summed E-state index contributed by atoms with van der Waals surface area (Å²) in [5, 5.41) is 12.1. The van der Waals surface area contributed by atoms with E-state index in [0.29, 0.717) is 30.5 Å². The number of para-hydroxylation sites is 1. The van der Waals surface area contributed by atoms with Crippen LogP contribution in [0.2, 0.25) is 0 Å². The Labute approximate surface area is 213 Å². The van der Waals surface area contributed by atoms with E-state index in [1.54, 1.807) is 12.1 Å². The molecular weight excluding hydrogens is 516 g/mol. The molecule has 0 spiro atoms. The quantitative estimate of drug-likeness (QED) is 0.348. The molecule has 8 nitrogen and oxygen atoms in total. The highest BCUT2D eigenvalue weighted by atomic mass is 79.9. The van der Waals surface area contributed by atoms with E-state index in [0.717, 1.165) is 42.1 Å². The van der Waals surface area contributed by atoms with Gasteiger partial charge in [0.25, 0.3) is 0 Å². The molecule has 1 heterocycles. The number of benzene rings is 2. The van der Waals surface area contributed by atoms with E-state index in [1.807, 2.05) is 31.2 Å². The Balaban J connectivity index is 1.64. The normalized spacial score (nSPS) is 19.5. The second-order valence-corrected chi connectivity index (χ2v) is 9.66. The first kappa shape index (κ1) is 25.2. The van der Waals surface area contributed by atoms with E-state index in [4.69, 9.17) is 14.2 Å². The van der Waals surface area contributed by atoms with Gasteiger partial charge in [-0.1, -0.05) is 40.5 Å². The summed E-state index contributed by atoms with van der Waals surface area (Å²) >= 11 is 3.45. The minimum Gasteiger partial charge on any atom is -0.545 e. The Kier molecular flexibility index (Phi) is 8.07. The fraction of sp³-hybridized carbons (Fsp3) is 0.423. The Morgan fingerprint density at radius 1 is 1.11 bits per heavy atom. The van der Waals surface area contributed by atoms with E-state index >= 15 is 0 Å². The fourth-order valence-electron chi connectivity index (χ4n) is 4.79. The zero-order chi connectivity index (χ0) is 24.8. The molecule has 0 aromatic heterocycles. The summed E-state index contributed by atoms with van der Waals surface area (Å²) in [4.78, 5) is 29.1. The molecule has 186 valence electrons. The maximum Gasteiger partial charge on any atom is 0.508 e. The van der Waals surface area contributed by atoms with Gasteiger partial charge in [0.2, 0.25) is 0 Å². The molecule has 9 heteroatoms. The lowest BCUT2D eigenvalue weighted by Gasteiger charge is -2.34. The number of carbonyl (C=O) groups excluding carboxylic acids is 2. The van der Waals surface area contributed by atoms with Crippen molar-refractivity contribution < 1.29 is 28.9 Å². The van der Waals surface area contributed by atoms with Crippen molar-refractivity contribution >= 4 is 45.5 Å². The van der Waals surface area contributed by atoms with E-state index in [-0.39, 0.29) is 29.3 Å². The highest BCUT2D eigenvalue weighted by Gasteiger charge is 2.48. The zero-order valence-electron chi connectivity index (χ0n) is 19.7. The Bertz CT molecular complexity index is 1100. The third-order valence-corrected chi connectivity index (χ3v) is 6.92. The summed E-state index contributed by atoms with van der Waals surface area (Å²) in [6, 6.07) is 13.0. The second-order valence-electron chi connectivity index (χ2n) is 8.74. The number of hydrogen-bond acceptors (Lipinski definition) is 7. The van der Waals surface area contributed by atoms with Gasteiger partial charge in [0.1, 0.15) is 31.5 Å². The van der Waals surface area contributed by atoms with Crippen LogP contribution in [0, 0.1) is 0 Å². The molecule has 2 aromatic rings. The summed E-state index contributed by atoms with van der Waals surface area (Å²) in [7, 11) is 0. The van der Waals surface area contributed by atoms with Crippen LogP contribution in [0.3, 0.4) is 0 Å². The lowest BCUT2D eigenvalue weighted by molar-refractivity contribution is -0.255. The molecule has 1 unspecified atom stereocenters. The molecule has 1 aliphatic carbocycles. The molecule has 0 amide bonds. The first-order chi connectivity index (χ1) is 16.9. The van der Waals surface area contributed by atoms with E-state index < -0.39 is 12.1 Å². The molecule has 2 aromatic carbocycles. The van der Waals surface area contributed by atoms with Gasteiger partial charge in [-0.05, 0) is 56.9 Å². The molecule has 1 saturated carbocycles. The predicted molar refractivity (Wildman–Crippen MR) is 133 cm³/mol. The molecule has 0 radical (unpaired) electrons. The minimum absolute atomic E-state index is 0.00496. The molecule has 1 aliphatic heterocycles. The van der Waals surface area contributed by atoms with Gasteiger partial charge < -0.3 is 24.1 Å². The van der Waals surface area contributed by atoms with Crippen LogP contribution in [0.25, 0.3) is 0 Å². The monoisotopic (exact) mass is 544 g/mol. The first-order valence-corrected chi connectivity index (χ1v) is 12.7. The van der Waals surface area contributed by atoms with Gasteiger partial charge in [0, 0.05) is 10.0 Å². The van der Waals surface area contributed by atoms with Gasteiger partial charge in [0.15, 0.2) is 5.69 Å². The lowest BCUT2D eigenvalue weighted by atomic mass is 9.98. The Hall–Kier alpha value is -2.91. The van der Waals surface area contributed by atoms with Gasteiger partial charge in [-0.3, -0.25) is 0 Å². The average Bonchev–Trinajstić information content (AvgIpc) is 3.14. The van der Waals surface area contributed by atoms with Crippen LogP contribution in [-0.2, 0) is 20.8 Å². The number of carbonyl (C=O) groups is 2. The van der Waals surface area contributed by atoms with E-state index in [9.17, 15) is 14.7 Å². The van der Waals surface area contributed by atoms with Crippen molar-refractivity contribution in [3.63, 3.8) is 0 Å². The van der Waals surface area contributed by atoms with Crippen LogP contribution in [0.5, 0.6) is 0 Å². The van der Waals surface area contributed by atoms with Crippen molar-refractivity contribution in [3.05, 3.63) is 58.1 Å². The molecule has 0 bridgehead atoms. The second kappa shape index (κ2) is 11.2. The van der Waals surface area contributed by atoms with Crippen molar-refractivity contribution in [1.29, 1.82) is 0 Å². The molecular formula is C26H29BrN2O6. The third-order valence-electron chi connectivity index (χ3n) is 6.39. The summed E-state index contributed by atoms with van der Waals surface area (Å²) < 4.78 is 17.8. The zero-order valence-corrected chi connectivity index (χ0v) is 21.3. The molecule has 4 rings (SSSR count). The molecule has 0 N–H and O–H groups in total. The lowest BCUT2D eigenvalue weighted by Crippen LogP contribution is -2.55. The van der Waals surface area contributed by atoms with Crippen LogP contribution in [0.15, 0.2) is 51.9 Å². The highest BCUT2D eigenvalue weighted by Crippen LogP contribution is 2.45. The number of halogens is 1. The molecule has 1 atom stereocenters. The van der Waals surface area contributed by atoms with Crippen molar-refractivity contribution in [2.24, 2.45) is 4.99 Å². The largest absolute Gasteiger partial charge is 0.545 e. The average molecular weight is 545 g/mol. The third kappa shape index (κ3) is 5.67. The van der Waals surface area contributed by atoms with Crippen LogP contribution in [0.1, 0.15) is 54.9 Å². The van der Waals surface area contributed by atoms with Gasteiger partial charge in [0.05, 0.1) is 18.1 Å². The van der Waals surface area contributed by atoms with Crippen LogP contribution >= 0.6 is 15.9 Å². The predicted octanol–water partition coefficient (Wildman–Crippen LogP) is 4.84. The van der Waals surface area contributed by atoms with Gasteiger partial charge in [-0.15, -0.1) is 0 Å². The number of amidine groups is 1. The standard InChI is InChI=1S/C26H29BrN2O6/c1-2-33-25-28-22-10-6-9-21(24(30)31)23(22)29(25,17-18-11-13-19(27)14-12-18)15-16-34-26(32)35-20-7-4-3-5-8-20/h6,9-14,20H,2-5,7-8,15-17H2,1H3. The van der Waals surface area contributed by atoms with Crippen molar-refractivity contribution in [3.8, 4) is 0 Å². The molecule has 35 heavy (non-hydrogen) atoms. The number of carboxylic acids is 1. The van der Waals surface area contributed by atoms with E-state index in [1.165, 1.54) is 6.07 Å². The van der Waals surface area contributed by atoms with Crippen LogP contribution in [0.4, 0.5) is 16.2 Å². The summed E-state index contributed by atoms with van der Waals surface area (Å²) in [6.07, 6.45) is 4.13. The molecule has 2 aliphatic rings. The summed E-state index contributed by atoms with van der Waals surface area (Å²) in [6.45, 7) is 2.75. The number of aromatic carboxylic acids is 1. The topological polar surface area (TPSA) is 97.3 Å². The summed E-state index contributed by atoms with van der Waals surface area (Å²) in [5.41, 5.74) is 1.93.